The summed E-state index contributed by atoms with van der Waals surface area (Å²) in [4.78, 5) is 29.4. The summed E-state index contributed by atoms with van der Waals surface area (Å²) in [6.45, 7) is 9.23. The van der Waals surface area contributed by atoms with Gasteiger partial charge in [-0.1, -0.05) is 42.2 Å². The molecule has 192 valence electrons. The molecule has 2 aliphatic rings. The maximum atomic E-state index is 13.5. The number of nitrogens with zero attached hydrogens (tertiary/aromatic N) is 1. The van der Waals surface area contributed by atoms with Crippen LogP contribution in [-0.2, 0) is 14.3 Å². The van der Waals surface area contributed by atoms with Crippen molar-refractivity contribution in [2.24, 2.45) is 0 Å². The van der Waals surface area contributed by atoms with Crippen molar-refractivity contribution >= 4 is 17.4 Å². The number of ether oxygens (including phenoxy) is 3. The number of likely N-dealkylation sites (tertiary alicyclic amines) is 1. The lowest BCUT2D eigenvalue weighted by molar-refractivity contribution is -0.908. The van der Waals surface area contributed by atoms with Gasteiger partial charge in [-0.25, -0.2) is 0 Å². The number of nitrogens with one attached hydrogen (secondary N) is 1. The summed E-state index contributed by atoms with van der Waals surface area (Å²) in [5.74, 6) is -0.695. The normalized spacial score (nSPS) is 20.1. The monoisotopic (exact) mass is 494 g/mol. The molecule has 1 atom stereocenters. The van der Waals surface area contributed by atoms with Gasteiger partial charge in [0.05, 0.1) is 39.0 Å². The van der Waals surface area contributed by atoms with E-state index in [2.05, 4.69) is 0 Å². The van der Waals surface area contributed by atoms with Crippen LogP contribution in [0.25, 0.3) is 5.76 Å². The van der Waals surface area contributed by atoms with Crippen LogP contribution in [-0.4, -0.2) is 69.2 Å². The molecule has 2 saturated heterocycles. The van der Waals surface area contributed by atoms with E-state index in [-0.39, 0.29) is 5.57 Å². The lowest BCUT2D eigenvalue weighted by Gasteiger charge is -2.29. The highest BCUT2D eigenvalue weighted by atomic mass is 16.5. The van der Waals surface area contributed by atoms with Crippen LogP contribution >= 0.6 is 0 Å². The second-order valence-corrected chi connectivity index (χ2v) is 8.88. The standard InChI is InChI=1S/C28H34N2O6/c1-3-35-22-12-11-21(19-23(22)36-4-2)25-24(26(31)20-9-6-5-7-10-20)27(32)28(33)30(25)14-8-13-29-15-17-34-18-16-29/h5-7,9-12,19,25,31H,3-4,8,13-18H2,1-2H3/b26-24+. The van der Waals surface area contributed by atoms with E-state index < -0.39 is 23.5 Å². The summed E-state index contributed by atoms with van der Waals surface area (Å²) in [6, 6.07) is 13.2. The number of benzene rings is 2. The van der Waals surface area contributed by atoms with Gasteiger partial charge in [0.2, 0.25) is 5.78 Å². The van der Waals surface area contributed by atoms with E-state index in [9.17, 15) is 14.7 Å². The van der Waals surface area contributed by atoms with Crippen molar-refractivity contribution in [3.8, 4) is 11.5 Å². The minimum absolute atomic E-state index is 0.0171. The summed E-state index contributed by atoms with van der Waals surface area (Å²) < 4.78 is 16.9. The van der Waals surface area contributed by atoms with Gasteiger partial charge in [-0.05, 0) is 37.1 Å². The topological polar surface area (TPSA) is 92.6 Å². The zero-order valence-electron chi connectivity index (χ0n) is 21.0. The highest BCUT2D eigenvalue weighted by molar-refractivity contribution is 6.46. The van der Waals surface area contributed by atoms with Crippen LogP contribution in [0.4, 0.5) is 0 Å². The molecule has 0 bridgehead atoms. The Morgan fingerprint density at radius 2 is 1.72 bits per heavy atom. The van der Waals surface area contributed by atoms with Crippen molar-refractivity contribution in [1.82, 2.24) is 4.90 Å². The zero-order valence-corrected chi connectivity index (χ0v) is 21.0. The SMILES string of the molecule is CCOc1ccc(C2/C(=C(\[O-])c3ccccc3)C(=O)C(=O)N2CCC[NH+]2CCOCC2)cc1OCC. The van der Waals surface area contributed by atoms with Gasteiger partial charge in [0.25, 0.3) is 5.91 Å². The Hall–Kier alpha value is -3.36. The molecule has 1 amide bonds. The Morgan fingerprint density at radius 1 is 1.03 bits per heavy atom. The number of morpholine rings is 1. The van der Waals surface area contributed by atoms with Gasteiger partial charge in [-0.2, -0.15) is 0 Å². The van der Waals surface area contributed by atoms with E-state index in [0.29, 0.717) is 48.8 Å². The van der Waals surface area contributed by atoms with E-state index in [0.717, 1.165) is 32.8 Å². The molecule has 2 fully saturated rings. The van der Waals surface area contributed by atoms with Crippen LogP contribution in [0.5, 0.6) is 11.5 Å². The van der Waals surface area contributed by atoms with Gasteiger partial charge in [-0.3, -0.25) is 9.59 Å². The Labute approximate surface area is 212 Å². The van der Waals surface area contributed by atoms with Gasteiger partial charge >= 0.3 is 0 Å². The predicted octanol–water partition coefficient (Wildman–Crippen LogP) is 1.01. The van der Waals surface area contributed by atoms with E-state index in [1.807, 2.05) is 26.0 Å². The van der Waals surface area contributed by atoms with Crippen LogP contribution < -0.4 is 19.5 Å². The Balaban J connectivity index is 1.71. The Kier molecular flexibility index (Phi) is 8.61. The fourth-order valence-corrected chi connectivity index (χ4v) is 4.84. The van der Waals surface area contributed by atoms with Crippen LogP contribution in [0.15, 0.2) is 54.1 Å². The van der Waals surface area contributed by atoms with Crippen LogP contribution in [0.1, 0.15) is 37.4 Å². The van der Waals surface area contributed by atoms with E-state index >= 15 is 0 Å². The first-order chi connectivity index (χ1) is 17.5. The number of ketones is 1. The van der Waals surface area contributed by atoms with Crippen molar-refractivity contribution in [3.05, 3.63) is 65.2 Å². The minimum Gasteiger partial charge on any atom is -0.872 e. The molecule has 8 nitrogen and oxygen atoms in total. The van der Waals surface area contributed by atoms with E-state index in [1.165, 1.54) is 4.90 Å². The zero-order chi connectivity index (χ0) is 25.5. The molecule has 0 saturated carbocycles. The number of carbonyl (C=O) groups is 2. The van der Waals surface area contributed by atoms with Crippen molar-refractivity contribution in [2.45, 2.75) is 26.3 Å². The Morgan fingerprint density at radius 3 is 2.42 bits per heavy atom. The highest BCUT2D eigenvalue weighted by Gasteiger charge is 2.44. The van der Waals surface area contributed by atoms with Gasteiger partial charge in [-0.15, -0.1) is 0 Å². The minimum atomic E-state index is -0.785. The molecule has 0 radical (unpaired) electrons. The largest absolute Gasteiger partial charge is 0.872 e. The summed E-state index contributed by atoms with van der Waals surface area (Å²) >= 11 is 0. The predicted molar refractivity (Wildman–Crippen MR) is 133 cm³/mol. The molecular weight excluding hydrogens is 460 g/mol. The quantitative estimate of drug-likeness (QED) is 0.301. The van der Waals surface area contributed by atoms with Crippen molar-refractivity contribution in [2.75, 3.05) is 52.6 Å². The highest BCUT2D eigenvalue weighted by Crippen LogP contribution is 2.41. The second-order valence-electron chi connectivity index (χ2n) is 8.88. The third-order valence-corrected chi connectivity index (χ3v) is 6.58. The average molecular weight is 495 g/mol. The molecule has 0 aliphatic carbocycles. The third-order valence-electron chi connectivity index (χ3n) is 6.58. The number of rotatable bonds is 10. The number of hydrogen-bond acceptors (Lipinski definition) is 6. The van der Waals surface area contributed by atoms with Gasteiger partial charge in [0, 0.05) is 18.5 Å². The molecule has 8 heteroatoms. The van der Waals surface area contributed by atoms with E-state index in [4.69, 9.17) is 14.2 Å². The molecule has 36 heavy (non-hydrogen) atoms. The molecule has 1 N–H and O–H groups in total. The van der Waals surface area contributed by atoms with Crippen LogP contribution in [0, 0.1) is 0 Å². The lowest BCUT2D eigenvalue weighted by Crippen LogP contribution is -3.14. The first-order valence-corrected chi connectivity index (χ1v) is 12.7. The summed E-state index contributed by atoms with van der Waals surface area (Å²) in [5.41, 5.74) is 1.02. The summed E-state index contributed by atoms with van der Waals surface area (Å²) in [5, 5.41) is 13.5. The molecule has 2 aromatic carbocycles. The molecular formula is C28H34N2O6. The first-order valence-electron chi connectivity index (χ1n) is 12.7. The third kappa shape index (κ3) is 5.55. The van der Waals surface area contributed by atoms with Crippen LogP contribution in [0.3, 0.4) is 0 Å². The smallest absolute Gasteiger partial charge is 0.295 e. The molecule has 1 unspecified atom stereocenters. The maximum absolute atomic E-state index is 13.5. The number of hydrogen-bond donors (Lipinski definition) is 1. The fraction of sp³-hybridized carbons (Fsp3) is 0.429. The molecule has 2 aliphatic heterocycles. The van der Waals surface area contributed by atoms with Crippen LogP contribution in [0.2, 0.25) is 0 Å². The Bertz CT molecular complexity index is 1090. The molecule has 2 aromatic rings. The van der Waals surface area contributed by atoms with Crippen molar-refractivity contribution < 1.29 is 33.8 Å². The maximum Gasteiger partial charge on any atom is 0.295 e. The average Bonchev–Trinajstić information content (AvgIpc) is 3.16. The van der Waals surface area contributed by atoms with Crippen molar-refractivity contribution in [3.63, 3.8) is 0 Å². The first kappa shape index (κ1) is 25.7. The number of carbonyl (C=O) groups excluding carboxylic acids is 2. The fourth-order valence-electron chi connectivity index (χ4n) is 4.84. The van der Waals surface area contributed by atoms with Gasteiger partial charge in [0.1, 0.15) is 13.1 Å². The molecule has 0 spiro atoms. The number of Topliss-reactive ketones (excluding diaryl/α,β-unsaturated/α-hetero) is 1. The molecule has 4 rings (SSSR count). The number of quaternary nitrogens is 1. The van der Waals surface area contributed by atoms with Gasteiger partial charge < -0.3 is 29.1 Å². The molecule has 2 heterocycles. The van der Waals surface area contributed by atoms with E-state index in [1.54, 1.807) is 41.3 Å². The van der Waals surface area contributed by atoms with Crippen molar-refractivity contribution in [1.29, 1.82) is 0 Å². The van der Waals surface area contributed by atoms with Gasteiger partial charge in [0.15, 0.2) is 11.5 Å². The lowest BCUT2D eigenvalue weighted by atomic mass is 9.95. The number of amides is 1. The summed E-state index contributed by atoms with van der Waals surface area (Å²) in [6.07, 6.45) is 0.715. The molecule has 0 aromatic heterocycles. The summed E-state index contributed by atoms with van der Waals surface area (Å²) in [7, 11) is 0. The second kappa shape index (κ2) is 12.1.